The molecule has 1 fully saturated rings. The number of carbonyl (C=O) groups excluding carboxylic acids is 2. The van der Waals surface area contributed by atoms with Gasteiger partial charge in [0.1, 0.15) is 12.4 Å². The maximum absolute atomic E-state index is 13.7. The largest absolute Gasteiger partial charge is 0.338 e. The number of hydrogen-bond acceptors (Lipinski definition) is 2. The predicted molar refractivity (Wildman–Crippen MR) is 90.9 cm³/mol. The first kappa shape index (κ1) is 18.2. The van der Waals surface area contributed by atoms with Gasteiger partial charge in [-0.25, -0.2) is 9.18 Å². The van der Waals surface area contributed by atoms with Gasteiger partial charge in [0, 0.05) is 31.7 Å². The van der Waals surface area contributed by atoms with Gasteiger partial charge in [-0.05, 0) is 18.4 Å². The minimum absolute atomic E-state index is 0.0453. The topological polar surface area (TPSA) is 52.7 Å². The van der Waals surface area contributed by atoms with Crippen molar-refractivity contribution in [2.45, 2.75) is 33.2 Å². The van der Waals surface area contributed by atoms with Gasteiger partial charge in [0.15, 0.2) is 0 Å². The van der Waals surface area contributed by atoms with Gasteiger partial charge in [-0.2, -0.15) is 0 Å². The molecule has 1 aromatic rings. The number of urea groups is 1. The maximum atomic E-state index is 13.7. The Labute approximate surface area is 142 Å². The average molecular weight is 335 g/mol. The van der Waals surface area contributed by atoms with E-state index in [0.717, 1.165) is 12.8 Å². The SMILES string of the molecule is CC[C@@H](C)CCNC(=O)N1CCN(Cc2ccccc2F)C(=O)C1. The Hall–Kier alpha value is -2.11. The molecule has 0 spiro atoms. The van der Waals surface area contributed by atoms with Crippen molar-refractivity contribution >= 4 is 11.9 Å². The molecule has 3 amide bonds. The number of carbonyl (C=O) groups is 2. The van der Waals surface area contributed by atoms with Crippen molar-refractivity contribution in [3.63, 3.8) is 0 Å². The summed E-state index contributed by atoms with van der Waals surface area (Å²) in [5, 5.41) is 2.87. The molecule has 5 nitrogen and oxygen atoms in total. The molecule has 1 aromatic carbocycles. The third-order valence-electron chi connectivity index (χ3n) is 4.54. The zero-order valence-corrected chi connectivity index (χ0v) is 14.4. The number of benzene rings is 1. The van der Waals surface area contributed by atoms with E-state index in [1.807, 2.05) is 0 Å². The van der Waals surface area contributed by atoms with Gasteiger partial charge in [0.2, 0.25) is 5.91 Å². The molecular weight excluding hydrogens is 309 g/mol. The average Bonchev–Trinajstić information content (AvgIpc) is 2.58. The Morgan fingerprint density at radius 3 is 2.75 bits per heavy atom. The van der Waals surface area contributed by atoms with Gasteiger partial charge in [-0.15, -0.1) is 0 Å². The smallest absolute Gasteiger partial charge is 0.317 e. The summed E-state index contributed by atoms with van der Waals surface area (Å²) >= 11 is 0. The van der Waals surface area contributed by atoms with Gasteiger partial charge >= 0.3 is 6.03 Å². The fraction of sp³-hybridized carbons (Fsp3) is 0.556. The summed E-state index contributed by atoms with van der Waals surface area (Å²) in [5.74, 6) is 0.113. The summed E-state index contributed by atoms with van der Waals surface area (Å²) in [7, 11) is 0. The summed E-state index contributed by atoms with van der Waals surface area (Å²) in [6.45, 7) is 6.08. The van der Waals surface area contributed by atoms with Crippen LogP contribution in [0.2, 0.25) is 0 Å². The van der Waals surface area contributed by atoms with E-state index in [9.17, 15) is 14.0 Å². The van der Waals surface area contributed by atoms with E-state index >= 15 is 0 Å². The molecule has 6 heteroatoms. The second kappa shape index (κ2) is 8.66. The van der Waals surface area contributed by atoms with Gasteiger partial charge < -0.3 is 15.1 Å². The number of halogens is 1. The molecular formula is C18H26FN3O2. The van der Waals surface area contributed by atoms with E-state index in [-0.39, 0.29) is 30.8 Å². The lowest BCUT2D eigenvalue weighted by Gasteiger charge is -2.34. The van der Waals surface area contributed by atoms with Crippen LogP contribution in [0.25, 0.3) is 0 Å². The summed E-state index contributed by atoms with van der Waals surface area (Å²) < 4.78 is 13.7. The van der Waals surface area contributed by atoms with Gasteiger partial charge in [-0.1, -0.05) is 38.5 Å². The van der Waals surface area contributed by atoms with Crippen LogP contribution < -0.4 is 5.32 Å². The number of rotatable bonds is 6. The van der Waals surface area contributed by atoms with Gasteiger partial charge in [0.25, 0.3) is 0 Å². The Morgan fingerprint density at radius 2 is 2.08 bits per heavy atom. The van der Waals surface area contributed by atoms with E-state index in [0.29, 0.717) is 31.1 Å². The number of nitrogens with zero attached hydrogens (tertiary/aromatic N) is 2. The lowest BCUT2D eigenvalue weighted by Crippen LogP contribution is -2.54. The van der Waals surface area contributed by atoms with E-state index in [4.69, 9.17) is 0 Å². The Morgan fingerprint density at radius 1 is 1.33 bits per heavy atom. The van der Waals surface area contributed by atoms with E-state index in [1.54, 1.807) is 23.1 Å². The monoisotopic (exact) mass is 335 g/mol. The van der Waals surface area contributed by atoms with Crippen molar-refractivity contribution < 1.29 is 14.0 Å². The first-order chi connectivity index (χ1) is 11.5. The van der Waals surface area contributed by atoms with Crippen LogP contribution in [-0.2, 0) is 11.3 Å². The highest BCUT2D eigenvalue weighted by Gasteiger charge is 2.27. The zero-order valence-electron chi connectivity index (χ0n) is 14.4. The van der Waals surface area contributed by atoms with E-state index < -0.39 is 0 Å². The Bertz CT molecular complexity index is 579. The molecule has 1 saturated heterocycles. The molecule has 132 valence electrons. The van der Waals surface area contributed by atoms with Crippen LogP contribution in [0.4, 0.5) is 9.18 Å². The van der Waals surface area contributed by atoms with Gasteiger partial charge in [0.05, 0.1) is 0 Å². The van der Waals surface area contributed by atoms with Crippen LogP contribution in [0.5, 0.6) is 0 Å². The highest BCUT2D eigenvalue weighted by molar-refractivity contribution is 5.85. The van der Waals surface area contributed by atoms with Gasteiger partial charge in [-0.3, -0.25) is 4.79 Å². The molecule has 0 saturated carbocycles. The number of nitrogens with one attached hydrogen (secondary N) is 1. The molecule has 1 heterocycles. The van der Waals surface area contributed by atoms with E-state index in [1.165, 1.54) is 11.0 Å². The molecule has 0 bridgehead atoms. The highest BCUT2D eigenvalue weighted by Crippen LogP contribution is 2.13. The molecule has 1 aliphatic heterocycles. The van der Waals surface area contributed by atoms with Crippen LogP contribution in [0, 0.1) is 11.7 Å². The third-order valence-corrected chi connectivity index (χ3v) is 4.54. The molecule has 1 atom stereocenters. The van der Waals surface area contributed by atoms with Crippen LogP contribution in [-0.4, -0.2) is 47.9 Å². The predicted octanol–water partition coefficient (Wildman–Crippen LogP) is 2.62. The van der Waals surface area contributed by atoms with Crippen LogP contribution in [0.1, 0.15) is 32.3 Å². The number of amides is 3. The minimum atomic E-state index is -0.310. The van der Waals surface area contributed by atoms with Crippen molar-refractivity contribution in [1.29, 1.82) is 0 Å². The van der Waals surface area contributed by atoms with Crippen LogP contribution in [0.3, 0.4) is 0 Å². The van der Waals surface area contributed by atoms with Crippen LogP contribution in [0.15, 0.2) is 24.3 Å². The molecule has 2 rings (SSSR count). The maximum Gasteiger partial charge on any atom is 0.317 e. The molecule has 1 N–H and O–H groups in total. The Balaban J connectivity index is 1.81. The normalized spacial score (nSPS) is 16.2. The first-order valence-electron chi connectivity index (χ1n) is 8.55. The van der Waals surface area contributed by atoms with Crippen molar-refractivity contribution in [3.8, 4) is 0 Å². The standard InChI is InChI=1S/C18H26FN3O2/c1-3-14(2)8-9-20-18(24)22-11-10-21(17(23)13-22)12-15-6-4-5-7-16(15)19/h4-7,14H,3,8-13H2,1-2H3,(H,20,24)/t14-/m1/s1. The van der Waals surface area contributed by atoms with Crippen molar-refractivity contribution in [2.75, 3.05) is 26.2 Å². The summed E-state index contributed by atoms with van der Waals surface area (Å²) in [6.07, 6.45) is 2.02. The quantitative estimate of drug-likeness (QED) is 0.869. The fourth-order valence-corrected chi connectivity index (χ4v) is 2.62. The molecule has 0 unspecified atom stereocenters. The Kier molecular flexibility index (Phi) is 6.58. The minimum Gasteiger partial charge on any atom is -0.338 e. The van der Waals surface area contributed by atoms with Crippen molar-refractivity contribution in [2.24, 2.45) is 5.92 Å². The number of hydrogen-bond donors (Lipinski definition) is 1. The van der Waals surface area contributed by atoms with Crippen LogP contribution >= 0.6 is 0 Å². The molecule has 0 aliphatic carbocycles. The summed E-state index contributed by atoms with van der Waals surface area (Å²) in [6, 6.07) is 6.25. The summed E-state index contributed by atoms with van der Waals surface area (Å²) in [4.78, 5) is 27.5. The van der Waals surface area contributed by atoms with Crippen molar-refractivity contribution in [3.05, 3.63) is 35.6 Å². The fourth-order valence-electron chi connectivity index (χ4n) is 2.62. The second-order valence-electron chi connectivity index (χ2n) is 6.36. The molecule has 1 aliphatic rings. The van der Waals surface area contributed by atoms with E-state index in [2.05, 4.69) is 19.2 Å². The second-order valence-corrected chi connectivity index (χ2v) is 6.36. The zero-order chi connectivity index (χ0) is 17.5. The highest BCUT2D eigenvalue weighted by atomic mass is 19.1. The first-order valence-corrected chi connectivity index (χ1v) is 8.55. The molecule has 0 aromatic heterocycles. The third kappa shape index (κ3) is 4.94. The lowest BCUT2D eigenvalue weighted by molar-refractivity contribution is -0.135. The van der Waals surface area contributed by atoms with Crippen molar-refractivity contribution in [1.82, 2.24) is 15.1 Å². The number of piperazine rings is 1. The molecule has 24 heavy (non-hydrogen) atoms. The lowest BCUT2D eigenvalue weighted by atomic mass is 10.1. The summed E-state index contributed by atoms with van der Waals surface area (Å²) in [5.41, 5.74) is 0.498. The molecule has 0 radical (unpaired) electrons.